The van der Waals surface area contributed by atoms with E-state index in [0.29, 0.717) is 14.3 Å². The summed E-state index contributed by atoms with van der Waals surface area (Å²) < 4.78 is 0. The van der Waals surface area contributed by atoms with Crippen LogP contribution >= 0.6 is 8.58 Å². The van der Waals surface area contributed by atoms with Gasteiger partial charge in [-0.3, -0.25) is 4.99 Å². The number of aliphatic imine (C=N–C) groups is 1. The normalized spacial score (nSPS) is 15.0. The maximum absolute atomic E-state index is 11.2. The van der Waals surface area contributed by atoms with Gasteiger partial charge in [-0.1, -0.05) is 80.0 Å². The third-order valence-electron chi connectivity index (χ3n) is 6.32. The van der Waals surface area contributed by atoms with Gasteiger partial charge in [-0.15, -0.1) is 0 Å². The SMILES string of the molecule is CCCC(CC)(Pc1c(C)cccc1/C(C)=N/C)c1cc(C(C)(C)C)cc(C)c1O. The summed E-state index contributed by atoms with van der Waals surface area (Å²) in [6.07, 6.45) is 3.13. The zero-order chi connectivity index (χ0) is 22.7. The van der Waals surface area contributed by atoms with Crippen LogP contribution in [0, 0.1) is 13.8 Å². The van der Waals surface area contributed by atoms with Crippen LogP contribution < -0.4 is 5.30 Å². The Kier molecular flexibility index (Phi) is 7.91. The van der Waals surface area contributed by atoms with Crippen LogP contribution in [0.1, 0.15) is 88.6 Å². The Morgan fingerprint density at radius 3 is 2.27 bits per heavy atom. The van der Waals surface area contributed by atoms with Gasteiger partial charge in [-0.25, -0.2) is 0 Å². The molecule has 2 rings (SSSR count). The molecule has 3 heteroatoms. The molecule has 0 aliphatic heterocycles. The maximum Gasteiger partial charge on any atom is 0.122 e. The number of aromatic hydroxyl groups is 1. The highest BCUT2D eigenvalue weighted by Gasteiger charge is 2.35. The molecule has 0 aliphatic carbocycles. The summed E-state index contributed by atoms with van der Waals surface area (Å²) in [5.74, 6) is 0.474. The average molecular weight is 426 g/mol. The summed E-state index contributed by atoms with van der Waals surface area (Å²) in [7, 11) is 2.44. The molecule has 0 fully saturated rings. The monoisotopic (exact) mass is 425 g/mol. The molecule has 1 N–H and O–H groups in total. The first-order valence-corrected chi connectivity index (χ1v) is 12.2. The summed E-state index contributed by atoms with van der Waals surface area (Å²) in [5.41, 5.74) is 7.07. The molecular formula is C27H40NOP. The van der Waals surface area contributed by atoms with Crippen molar-refractivity contribution < 1.29 is 5.11 Å². The molecule has 2 aromatic carbocycles. The lowest BCUT2D eigenvalue weighted by Gasteiger charge is -2.37. The molecule has 2 aromatic rings. The number of phenolic OH excluding ortho intramolecular Hbond substituents is 1. The van der Waals surface area contributed by atoms with Crippen molar-refractivity contribution in [2.24, 2.45) is 4.99 Å². The van der Waals surface area contributed by atoms with Crippen LogP contribution in [0.15, 0.2) is 35.3 Å². The van der Waals surface area contributed by atoms with Crippen molar-refractivity contribution in [2.75, 3.05) is 7.05 Å². The summed E-state index contributed by atoms with van der Waals surface area (Å²) in [6, 6.07) is 11.0. The first-order chi connectivity index (χ1) is 14.0. The lowest BCUT2D eigenvalue weighted by Crippen LogP contribution is -2.27. The molecule has 2 nitrogen and oxygen atoms in total. The standard InChI is InChI=1S/C27H40NOP/c1-10-15-27(11-2,23-17-21(26(6,7)8)16-19(4)24(23)29)30-25-18(3)13-12-14-22(25)20(5)28-9/h12-14,16-17,29-30H,10-11,15H2,1-9H3/b28-20+. The number of hydrogen-bond acceptors (Lipinski definition) is 2. The Labute approximate surface area is 186 Å². The Morgan fingerprint density at radius 2 is 1.73 bits per heavy atom. The molecule has 0 amide bonds. The second kappa shape index (κ2) is 9.65. The predicted molar refractivity (Wildman–Crippen MR) is 136 cm³/mol. The van der Waals surface area contributed by atoms with Crippen molar-refractivity contribution in [1.82, 2.24) is 0 Å². The predicted octanol–water partition coefficient (Wildman–Crippen LogP) is 7.15. The molecule has 0 aliphatic rings. The summed E-state index contributed by atoms with van der Waals surface area (Å²) in [5, 5.41) is 12.5. The van der Waals surface area contributed by atoms with Crippen LogP contribution in [0.3, 0.4) is 0 Å². The largest absolute Gasteiger partial charge is 0.507 e. The number of aryl methyl sites for hydroxylation is 2. The molecule has 0 heterocycles. The van der Waals surface area contributed by atoms with Crippen LogP contribution in [-0.4, -0.2) is 17.9 Å². The quantitative estimate of drug-likeness (QED) is 0.371. The third-order valence-corrected chi connectivity index (χ3v) is 8.59. The molecule has 0 saturated heterocycles. The zero-order valence-corrected chi connectivity index (χ0v) is 21.4. The number of nitrogens with zero attached hydrogens (tertiary/aromatic N) is 1. The van der Waals surface area contributed by atoms with E-state index in [1.165, 1.54) is 22.0 Å². The van der Waals surface area contributed by atoms with Crippen LogP contribution in [-0.2, 0) is 10.6 Å². The Morgan fingerprint density at radius 1 is 1.07 bits per heavy atom. The molecule has 0 radical (unpaired) electrons. The van der Waals surface area contributed by atoms with Gasteiger partial charge in [0.25, 0.3) is 0 Å². The molecule has 2 atom stereocenters. The van der Waals surface area contributed by atoms with E-state index in [2.05, 4.69) is 83.8 Å². The Hall–Kier alpha value is -1.66. The minimum atomic E-state index is -0.0836. The van der Waals surface area contributed by atoms with Crippen LogP contribution in [0.4, 0.5) is 0 Å². The molecule has 164 valence electrons. The van der Waals surface area contributed by atoms with Gasteiger partial charge in [-0.05, 0) is 61.0 Å². The lowest BCUT2D eigenvalue weighted by molar-refractivity contribution is 0.437. The van der Waals surface area contributed by atoms with E-state index >= 15 is 0 Å². The summed E-state index contributed by atoms with van der Waals surface area (Å²) in [6.45, 7) is 17.6. The zero-order valence-electron chi connectivity index (χ0n) is 20.4. The number of benzene rings is 2. The molecule has 2 unspecified atom stereocenters. The van der Waals surface area contributed by atoms with E-state index in [-0.39, 0.29) is 10.6 Å². The van der Waals surface area contributed by atoms with Crippen molar-refractivity contribution >= 4 is 19.6 Å². The van der Waals surface area contributed by atoms with E-state index in [4.69, 9.17) is 0 Å². The van der Waals surface area contributed by atoms with Gasteiger partial charge in [0.1, 0.15) is 5.75 Å². The van der Waals surface area contributed by atoms with E-state index in [9.17, 15) is 5.11 Å². The molecule has 0 aromatic heterocycles. The summed E-state index contributed by atoms with van der Waals surface area (Å²) >= 11 is 0. The molecule has 30 heavy (non-hydrogen) atoms. The maximum atomic E-state index is 11.2. The van der Waals surface area contributed by atoms with Crippen molar-refractivity contribution in [1.29, 1.82) is 0 Å². The third kappa shape index (κ3) is 4.97. The van der Waals surface area contributed by atoms with Crippen molar-refractivity contribution in [3.63, 3.8) is 0 Å². The number of rotatable bonds is 7. The summed E-state index contributed by atoms with van der Waals surface area (Å²) in [4.78, 5) is 4.48. The molecule has 0 spiro atoms. The van der Waals surface area contributed by atoms with Crippen molar-refractivity contribution in [3.8, 4) is 5.75 Å². The first-order valence-electron chi connectivity index (χ1n) is 11.2. The van der Waals surface area contributed by atoms with E-state index in [1.807, 2.05) is 14.0 Å². The topological polar surface area (TPSA) is 32.6 Å². The van der Waals surface area contributed by atoms with Crippen molar-refractivity contribution in [3.05, 3.63) is 58.1 Å². The molecule has 0 bridgehead atoms. The second-order valence-electron chi connectivity index (χ2n) is 9.56. The van der Waals surface area contributed by atoms with Crippen LogP contribution in [0.25, 0.3) is 0 Å². The first kappa shape index (κ1) is 24.6. The van der Waals surface area contributed by atoms with E-state index < -0.39 is 0 Å². The lowest BCUT2D eigenvalue weighted by atomic mass is 9.81. The smallest absolute Gasteiger partial charge is 0.122 e. The highest BCUT2D eigenvalue weighted by atomic mass is 31.1. The van der Waals surface area contributed by atoms with Gasteiger partial charge in [-0.2, -0.15) is 0 Å². The van der Waals surface area contributed by atoms with E-state index in [1.54, 1.807) is 0 Å². The molecule has 0 saturated carbocycles. The fourth-order valence-corrected chi connectivity index (χ4v) is 6.25. The van der Waals surface area contributed by atoms with Gasteiger partial charge in [0, 0.05) is 29.0 Å². The number of hydrogen-bond donors (Lipinski definition) is 1. The van der Waals surface area contributed by atoms with Gasteiger partial charge in [0.2, 0.25) is 0 Å². The van der Waals surface area contributed by atoms with Gasteiger partial charge < -0.3 is 5.11 Å². The fraction of sp³-hybridized carbons (Fsp3) is 0.519. The van der Waals surface area contributed by atoms with Gasteiger partial charge in [0.15, 0.2) is 0 Å². The highest BCUT2D eigenvalue weighted by Crippen LogP contribution is 2.52. The highest BCUT2D eigenvalue weighted by molar-refractivity contribution is 7.49. The fourth-order valence-electron chi connectivity index (χ4n) is 4.22. The minimum absolute atomic E-state index is 0.0430. The minimum Gasteiger partial charge on any atom is -0.507 e. The van der Waals surface area contributed by atoms with Crippen LogP contribution in [0.5, 0.6) is 5.75 Å². The second-order valence-corrected chi connectivity index (χ2v) is 11.3. The Balaban J connectivity index is 2.78. The van der Waals surface area contributed by atoms with Crippen LogP contribution in [0.2, 0.25) is 0 Å². The number of phenols is 1. The van der Waals surface area contributed by atoms with Gasteiger partial charge >= 0.3 is 0 Å². The Bertz CT molecular complexity index is 923. The van der Waals surface area contributed by atoms with Gasteiger partial charge in [0.05, 0.1) is 0 Å². The molecular weight excluding hydrogens is 385 g/mol. The van der Waals surface area contributed by atoms with E-state index in [0.717, 1.165) is 36.1 Å². The van der Waals surface area contributed by atoms with Crippen molar-refractivity contribution in [2.45, 2.75) is 85.2 Å². The average Bonchev–Trinajstić information content (AvgIpc) is 2.69.